The number of carbonyl (C=O) groups excluding carboxylic acids is 9. The van der Waals surface area contributed by atoms with Crippen LogP contribution in [0.15, 0.2) is 54.6 Å². The Kier molecular flexibility index (Phi) is 20.6. The van der Waals surface area contributed by atoms with Crippen LogP contribution in [0.25, 0.3) is 10.1 Å². The molecule has 3 aromatic carbocycles. The van der Waals surface area contributed by atoms with E-state index in [4.69, 9.17) is 5.73 Å². The van der Waals surface area contributed by atoms with Crippen molar-refractivity contribution in [1.29, 1.82) is 0 Å². The van der Waals surface area contributed by atoms with Gasteiger partial charge in [0.2, 0.25) is 29.5 Å². The Bertz CT molecular complexity index is 3530. The number of fused-ring (bicyclic) bond motifs is 2. The van der Waals surface area contributed by atoms with Crippen molar-refractivity contribution in [3.8, 4) is 11.8 Å². The summed E-state index contributed by atoms with van der Waals surface area (Å²) in [4.78, 5) is 144. The second-order valence-electron chi connectivity index (χ2n) is 24.9. The molecule has 6 aliphatic rings. The molecule has 8 amide bonds. The molecule has 0 spiro atoms. The number of piperidine rings is 1. The number of primary amides is 1. The van der Waals surface area contributed by atoms with Gasteiger partial charge in [0.1, 0.15) is 18.1 Å². The summed E-state index contributed by atoms with van der Waals surface area (Å²) in [6.07, 6.45) is 17.3. The molecule has 23 heteroatoms. The summed E-state index contributed by atoms with van der Waals surface area (Å²) in [6, 6.07) is 9.51. The average molecular weight is 1260 g/mol. The minimum atomic E-state index is -6.11. The largest absolute Gasteiger partial charge is 0.399 e. The minimum absolute atomic E-state index is 0.00174. The third kappa shape index (κ3) is 14.7. The number of Topliss-reactive ketones (excluding diaryl/α,β-unsaturated/α-hetero) is 1. The van der Waals surface area contributed by atoms with Gasteiger partial charge in [0.25, 0.3) is 17.7 Å². The van der Waals surface area contributed by atoms with Crippen LogP contribution in [0.1, 0.15) is 206 Å². The SMILES string of the molecule is NC(=O)CC[C@H](NC(=O)[C@@H]1Cc2cccc3c2N1C(=O)[C@@H](NC(=O)c1cc2cc(C(F)(F)P(=O)(O)O)cc(C(=O)NCCCCCCCCC#Cc4cccc5c4CN(C4CCC(=O)NC4=O)C5=O)c2s1)CC3)C(=O)CC(C1CCCCC1)C1CCCCC1. The fourth-order valence-electron chi connectivity index (χ4n) is 14.3. The van der Waals surface area contributed by atoms with Gasteiger partial charge in [0.05, 0.1) is 22.2 Å². The minimum Gasteiger partial charge on any atom is -0.370 e. The molecule has 10 rings (SSSR count). The monoisotopic (exact) mass is 1260 g/mol. The number of imide groups is 1. The second-order valence-corrected chi connectivity index (χ2v) is 27.6. The zero-order chi connectivity index (χ0) is 63.1. The Morgan fingerprint density at radius 3 is 2.20 bits per heavy atom. The van der Waals surface area contributed by atoms with Crippen molar-refractivity contribution in [3.63, 3.8) is 0 Å². The topological polar surface area (TPSA) is 292 Å². The lowest BCUT2D eigenvalue weighted by Gasteiger charge is -2.38. The highest BCUT2D eigenvalue weighted by atomic mass is 32.1. The molecule has 2 aliphatic carbocycles. The molecule has 4 atom stereocenters. The number of halogens is 2. The van der Waals surface area contributed by atoms with Crippen LogP contribution in [-0.2, 0) is 58.4 Å². The number of rotatable bonds is 24. The first-order valence-electron chi connectivity index (χ1n) is 31.6. The fraction of sp³-hybridized carbons (Fsp3) is 0.530. The first-order valence-corrected chi connectivity index (χ1v) is 34.0. The van der Waals surface area contributed by atoms with E-state index in [1.165, 1.54) is 28.7 Å². The van der Waals surface area contributed by atoms with Gasteiger partial charge in [-0.3, -0.25) is 57.9 Å². The average Bonchev–Trinajstić information content (AvgIpc) is 2.06. The number of anilines is 1. The number of nitrogens with zero attached hydrogens (tertiary/aromatic N) is 2. The molecule has 5 heterocycles. The van der Waals surface area contributed by atoms with Gasteiger partial charge in [0, 0.05) is 66.6 Å². The predicted molar refractivity (Wildman–Crippen MR) is 329 cm³/mol. The quantitative estimate of drug-likeness (QED) is 0.0150. The number of hydrogen-bond donors (Lipinski definition) is 7. The first kappa shape index (κ1) is 64.8. The molecule has 0 bridgehead atoms. The van der Waals surface area contributed by atoms with Gasteiger partial charge in [-0.25, -0.2) is 0 Å². The Morgan fingerprint density at radius 1 is 0.820 bits per heavy atom. The third-order valence-electron chi connectivity index (χ3n) is 19.0. The van der Waals surface area contributed by atoms with Crippen molar-refractivity contribution >= 4 is 87.7 Å². The van der Waals surface area contributed by atoms with Crippen molar-refractivity contribution in [2.45, 2.75) is 197 Å². The van der Waals surface area contributed by atoms with Gasteiger partial charge in [-0.2, -0.15) is 8.78 Å². The molecule has 0 radical (unpaired) electrons. The van der Waals surface area contributed by atoms with Crippen LogP contribution in [0.2, 0.25) is 0 Å². The molecule has 89 heavy (non-hydrogen) atoms. The highest BCUT2D eigenvalue weighted by molar-refractivity contribution is 7.52. The number of hydrogen-bond acceptors (Lipinski definition) is 11. The molecular weight excluding hydrogens is 1180 g/mol. The van der Waals surface area contributed by atoms with E-state index in [-0.39, 0.29) is 102 Å². The molecule has 19 nitrogen and oxygen atoms in total. The van der Waals surface area contributed by atoms with Crippen LogP contribution in [-0.4, -0.2) is 98.4 Å². The highest BCUT2D eigenvalue weighted by Gasteiger charge is 2.51. The number of alkyl halides is 2. The molecule has 1 unspecified atom stereocenters. The smallest absolute Gasteiger partial charge is 0.370 e. The zero-order valence-electron chi connectivity index (χ0n) is 49.9. The molecule has 8 N–H and O–H groups in total. The molecule has 1 saturated heterocycles. The van der Waals surface area contributed by atoms with Crippen LogP contribution in [0.4, 0.5) is 14.5 Å². The van der Waals surface area contributed by atoms with Gasteiger partial charge in [-0.1, -0.05) is 126 Å². The number of unbranched alkanes of at least 4 members (excludes halogenated alkanes) is 6. The standard InChI is InChI=1S/C66H78F2N7O12PS/c67-66(68,88(85,86)87)45-33-44-35-55(89-59(44)48(36-45)60(79)70-32-14-6-4-2-1-3-5-9-21-41-22-16-25-46-49(41)38-74(64(46)83)52-29-31-57(78)73-61(52)80)63(82)72-51-27-26-42-23-15-24-43-34-53(75(58(42)43)65(51)84)62(81)71-50(28-30-56(69)77)54(76)37-47(39-17-10-7-11-18-39)40-19-12-8-13-20-40/h15-16,22-25,33,35-36,39-40,47,50-53H,1-8,10-14,17-20,26-32,34,37-38H2,(H2,69,77)(H,70,79)(H,71,81)(H,72,82)(H,73,78,80)(H2,85,86,87)/t50-,51-,52?,53-/m0/s1. The lowest BCUT2D eigenvalue weighted by molar-refractivity contribution is -0.137. The summed E-state index contributed by atoms with van der Waals surface area (Å²) in [7, 11) is -6.11. The summed E-state index contributed by atoms with van der Waals surface area (Å²) < 4.78 is 43.2. The summed E-state index contributed by atoms with van der Waals surface area (Å²) >= 11 is 0.784. The maximum absolute atomic E-state index is 15.5. The Hall–Kier alpha value is -7.18. The van der Waals surface area contributed by atoms with Crippen LogP contribution in [0, 0.1) is 29.6 Å². The molecule has 1 aromatic heterocycles. The number of thiophene rings is 1. The number of nitrogens with two attached hydrogens (primary N) is 1. The van der Waals surface area contributed by atoms with E-state index >= 15 is 8.78 Å². The van der Waals surface area contributed by atoms with E-state index in [0.717, 1.165) is 117 Å². The van der Waals surface area contributed by atoms with E-state index in [2.05, 4.69) is 33.1 Å². The molecular formula is C66H78F2N7O12PS. The van der Waals surface area contributed by atoms with Gasteiger partial charge < -0.3 is 36.4 Å². The van der Waals surface area contributed by atoms with Crippen LogP contribution >= 0.6 is 18.9 Å². The van der Waals surface area contributed by atoms with Crippen molar-refractivity contribution in [2.75, 3.05) is 11.4 Å². The molecule has 2 saturated carbocycles. The molecule has 4 aliphatic heterocycles. The molecule has 4 aromatic rings. The van der Waals surface area contributed by atoms with Crippen molar-refractivity contribution in [3.05, 3.63) is 98.4 Å². The third-order valence-corrected chi connectivity index (χ3v) is 21.1. The van der Waals surface area contributed by atoms with E-state index in [9.17, 15) is 57.5 Å². The highest BCUT2D eigenvalue weighted by Crippen LogP contribution is 2.60. The summed E-state index contributed by atoms with van der Waals surface area (Å²) in [5, 5.41) is 10.7. The van der Waals surface area contributed by atoms with Crippen LogP contribution in [0.5, 0.6) is 0 Å². The maximum atomic E-state index is 15.5. The van der Waals surface area contributed by atoms with E-state index in [1.807, 2.05) is 24.3 Å². The van der Waals surface area contributed by atoms with Gasteiger partial charge in [0.15, 0.2) is 5.78 Å². The number of ketones is 1. The second kappa shape index (κ2) is 28.3. The molecule has 3 fully saturated rings. The van der Waals surface area contributed by atoms with Crippen molar-refractivity contribution in [1.82, 2.24) is 26.2 Å². The van der Waals surface area contributed by atoms with Crippen LogP contribution in [0.3, 0.4) is 0 Å². The Balaban J connectivity index is 0.762. The van der Waals surface area contributed by atoms with Crippen LogP contribution < -0.4 is 31.9 Å². The first-order chi connectivity index (χ1) is 42.7. The number of carbonyl (C=O) groups is 9. The zero-order valence-corrected chi connectivity index (χ0v) is 51.6. The van der Waals surface area contributed by atoms with E-state index in [0.29, 0.717) is 54.3 Å². The maximum Gasteiger partial charge on any atom is 0.399 e. The number of para-hydroxylation sites is 1. The Labute approximate surface area is 520 Å². The Morgan fingerprint density at radius 2 is 1.51 bits per heavy atom. The molecule has 474 valence electrons. The van der Waals surface area contributed by atoms with Gasteiger partial charge in [-0.05, 0) is 109 Å². The number of amides is 8. The number of aryl methyl sites for hydroxylation is 1. The number of nitrogens with one attached hydrogen (secondary N) is 4. The van der Waals surface area contributed by atoms with Crippen molar-refractivity contribution < 1.29 is 66.3 Å². The van der Waals surface area contributed by atoms with Gasteiger partial charge >= 0.3 is 13.3 Å². The lowest BCUT2D eigenvalue weighted by Crippen LogP contribution is -2.56. The normalized spacial score (nSPS) is 20.1. The summed E-state index contributed by atoms with van der Waals surface area (Å²) in [5.74, 6) is 2.68. The van der Waals surface area contributed by atoms with Crippen molar-refractivity contribution in [2.24, 2.45) is 23.5 Å². The van der Waals surface area contributed by atoms with E-state index < -0.39 is 78.4 Å². The lowest BCUT2D eigenvalue weighted by atomic mass is 9.67. The predicted octanol–water partition coefficient (Wildman–Crippen LogP) is 8.89. The van der Waals surface area contributed by atoms with Gasteiger partial charge in [-0.15, -0.1) is 11.3 Å². The van der Waals surface area contributed by atoms with E-state index in [1.54, 1.807) is 12.1 Å². The summed E-state index contributed by atoms with van der Waals surface area (Å²) in [6.45, 7) is 0.373. The fourth-order valence-corrected chi connectivity index (χ4v) is 15.8. The number of benzene rings is 3. The summed E-state index contributed by atoms with van der Waals surface area (Å²) in [5.41, 5.74) is 3.43.